The van der Waals surface area contributed by atoms with Gasteiger partial charge in [0.25, 0.3) is 5.91 Å². The molecule has 1 aromatic carbocycles. The molecule has 0 unspecified atom stereocenters. The number of rotatable bonds is 8. The van der Waals surface area contributed by atoms with Crippen LogP contribution in [-0.4, -0.2) is 36.3 Å². The van der Waals surface area contributed by atoms with Crippen molar-refractivity contribution in [2.24, 2.45) is 0 Å². The highest BCUT2D eigenvalue weighted by Gasteiger charge is 2.16. The monoisotopic (exact) mass is 411 g/mol. The van der Waals surface area contributed by atoms with E-state index in [2.05, 4.69) is 20.8 Å². The highest BCUT2D eigenvalue weighted by Crippen LogP contribution is 2.17. The molecule has 2 N–H and O–H groups in total. The molecule has 30 heavy (non-hydrogen) atoms. The van der Waals surface area contributed by atoms with Crippen LogP contribution in [0.25, 0.3) is 0 Å². The molecule has 0 saturated carbocycles. The minimum Gasteiger partial charge on any atom is -0.358 e. The second-order valence-electron chi connectivity index (χ2n) is 6.49. The number of anilines is 2. The second-order valence-corrected chi connectivity index (χ2v) is 6.49. The third-order valence-corrected chi connectivity index (χ3v) is 4.36. The first-order chi connectivity index (χ1) is 14.4. The molecule has 3 rings (SSSR count). The smallest absolute Gasteiger partial charge is 0.358 e. The maximum atomic E-state index is 12.4. The van der Waals surface area contributed by atoms with Crippen molar-refractivity contribution in [3.8, 4) is 0 Å². The average molecular weight is 411 g/mol. The van der Waals surface area contributed by atoms with Gasteiger partial charge in [0.15, 0.2) is 0 Å². The van der Waals surface area contributed by atoms with E-state index in [1.807, 2.05) is 6.92 Å². The van der Waals surface area contributed by atoms with Crippen molar-refractivity contribution in [3.05, 3.63) is 64.1 Å². The minimum atomic E-state index is -0.573. The van der Waals surface area contributed by atoms with Crippen LogP contribution in [0.5, 0.6) is 0 Å². The molecule has 0 aliphatic rings. The topological polar surface area (TPSA) is 137 Å². The van der Waals surface area contributed by atoms with E-state index in [0.717, 1.165) is 0 Å². The predicted octanol–water partition coefficient (Wildman–Crippen LogP) is 2.60. The van der Waals surface area contributed by atoms with Crippen LogP contribution in [0.3, 0.4) is 0 Å². The molecule has 0 aliphatic heterocycles. The lowest BCUT2D eigenvalue weighted by Crippen LogP contribution is -2.18. The number of aryl methyl sites for hydroxylation is 3. The third kappa shape index (κ3) is 4.87. The van der Waals surface area contributed by atoms with E-state index in [4.69, 9.17) is 0 Å². The van der Waals surface area contributed by atoms with Crippen LogP contribution in [0.15, 0.2) is 42.6 Å². The fourth-order valence-corrected chi connectivity index (χ4v) is 2.89. The van der Waals surface area contributed by atoms with Crippen LogP contribution >= 0.6 is 0 Å². The minimum absolute atomic E-state index is 0.0892. The maximum Gasteiger partial charge on any atom is 0.390 e. The molecule has 0 bridgehead atoms. The Bertz CT molecular complexity index is 1090. The van der Waals surface area contributed by atoms with Crippen LogP contribution in [0.1, 0.15) is 29.5 Å². The first-order valence-electron chi connectivity index (χ1n) is 9.29. The van der Waals surface area contributed by atoms with Gasteiger partial charge in [-0.15, -0.1) is 0 Å². The molecule has 0 aliphatic carbocycles. The summed E-state index contributed by atoms with van der Waals surface area (Å²) in [4.78, 5) is 34.9. The van der Waals surface area contributed by atoms with Crippen molar-refractivity contribution in [2.45, 2.75) is 33.4 Å². The fraction of sp³-hybridized carbons (Fsp3) is 0.263. The highest BCUT2D eigenvalue weighted by atomic mass is 16.6. The van der Waals surface area contributed by atoms with Gasteiger partial charge in [0.2, 0.25) is 5.91 Å². The molecule has 0 radical (unpaired) electrons. The number of benzene rings is 1. The van der Waals surface area contributed by atoms with Gasteiger partial charge in [-0.05, 0) is 43.0 Å². The Morgan fingerprint density at radius 3 is 2.53 bits per heavy atom. The Morgan fingerprint density at radius 2 is 1.87 bits per heavy atom. The van der Waals surface area contributed by atoms with Gasteiger partial charge in [0.05, 0.1) is 23.4 Å². The van der Waals surface area contributed by atoms with Gasteiger partial charge in [-0.1, -0.05) is 6.07 Å². The number of amides is 2. The lowest BCUT2D eigenvalue weighted by molar-refractivity contribution is -0.389. The standard InChI is InChI=1S/C19H21N7O4/c1-3-24-16(7-9-20-24)19(28)22-15-6-4-5-14(12-15)21-18(27)8-10-25-13(2)11-17(23-25)26(29)30/h4-7,9,11-12H,3,8,10H2,1-2H3,(H,21,27)(H,22,28). The SMILES string of the molecule is CCn1nccc1C(=O)Nc1cccc(NC(=O)CCn2nc([N+](=O)[O-])cc2C)c1. The van der Waals surface area contributed by atoms with Crippen molar-refractivity contribution >= 4 is 29.0 Å². The molecule has 0 atom stereocenters. The summed E-state index contributed by atoms with van der Waals surface area (Å²) in [5.41, 5.74) is 2.09. The molecule has 2 amide bonds. The number of nitrogens with zero attached hydrogens (tertiary/aromatic N) is 5. The van der Waals surface area contributed by atoms with Crippen molar-refractivity contribution in [2.75, 3.05) is 10.6 Å². The van der Waals surface area contributed by atoms with Crippen LogP contribution < -0.4 is 10.6 Å². The van der Waals surface area contributed by atoms with Gasteiger partial charge >= 0.3 is 5.82 Å². The van der Waals surface area contributed by atoms with Crippen molar-refractivity contribution in [1.82, 2.24) is 19.6 Å². The molecule has 156 valence electrons. The van der Waals surface area contributed by atoms with E-state index < -0.39 is 4.92 Å². The predicted molar refractivity (Wildman–Crippen MR) is 109 cm³/mol. The summed E-state index contributed by atoms with van der Waals surface area (Å²) in [7, 11) is 0. The molecule has 2 heterocycles. The van der Waals surface area contributed by atoms with Crippen molar-refractivity contribution < 1.29 is 14.5 Å². The number of carbonyl (C=O) groups is 2. The number of hydrogen-bond donors (Lipinski definition) is 2. The first-order valence-corrected chi connectivity index (χ1v) is 9.29. The molecule has 11 nitrogen and oxygen atoms in total. The van der Waals surface area contributed by atoms with Gasteiger partial charge in [-0.25, -0.2) is 0 Å². The lowest BCUT2D eigenvalue weighted by atomic mass is 10.2. The summed E-state index contributed by atoms with van der Waals surface area (Å²) >= 11 is 0. The zero-order valence-corrected chi connectivity index (χ0v) is 16.5. The van der Waals surface area contributed by atoms with Gasteiger partial charge < -0.3 is 20.7 Å². The van der Waals surface area contributed by atoms with E-state index >= 15 is 0 Å². The molecule has 0 saturated heterocycles. The van der Waals surface area contributed by atoms with Crippen LogP contribution in [0, 0.1) is 17.0 Å². The van der Waals surface area contributed by atoms with Gasteiger partial charge in [0, 0.05) is 30.5 Å². The van der Waals surface area contributed by atoms with Gasteiger partial charge in [-0.2, -0.15) is 9.78 Å². The summed E-state index contributed by atoms with van der Waals surface area (Å²) in [5.74, 6) is -0.825. The average Bonchev–Trinajstić information content (AvgIpc) is 3.33. The van der Waals surface area contributed by atoms with E-state index in [1.54, 1.807) is 48.1 Å². The Labute approximate surface area is 171 Å². The lowest BCUT2D eigenvalue weighted by Gasteiger charge is -2.09. The van der Waals surface area contributed by atoms with E-state index in [-0.39, 0.29) is 30.6 Å². The number of hydrogen-bond acceptors (Lipinski definition) is 6. The summed E-state index contributed by atoms with van der Waals surface area (Å²) in [6, 6.07) is 9.76. The van der Waals surface area contributed by atoms with Gasteiger partial charge in [0.1, 0.15) is 5.69 Å². The quantitative estimate of drug-likeness (QED) is 0.432. The molecule has 0 spiro atoms. The van der Waals surface area contributed by atoms with E-state index in [0.29, 0.717) is 29.3 Å². The Balaban J connectivity index is 1.59. The number of nitro groups is 1. The molecular weight excluding hydrogens is 390 g/mol. The van der Waals surface area contributed by atoms with E-state index in [1.165, 1.54) is 10.7 Å². The van der Waals surface area contributed by atoms with Crippen molar-refractivity contribution in [3.63, 3.8) is 0 Å². The Hall–Kier alpha value is -4.02. The zero-order valence-electron chi connectivity index (χ0n) is 16.5. The largest absolute Gasteiger partial charge is 0.390 e. The van der Waals surface area contributed by atoms with Crippen LogP contribution in [0.2, 0.25) is 0 Å². The molecule has 0 fully saturated rings. The zero-order chi connectivity index (χ0) is 21.7. The molecular formula is C19H21N7O4. The first kappa shape index (κ1) is 20.7. The second kappa shape index (κ2) is 8.99. The van der Waals surface area contributed by atoms with E-state index in [9.17, 15) is 19.7 Å². The summed E-state index contributed by atoms with van der Waals surface area (Å²) < 4.78 is 3.01. The number of nitrogens with one attached hydrogen (secondary N) is 2. The van der Waals surface area contributed by atoms with Crippen LogP contribution in [-0.2, 0) is 17.9 Å². The third-order valence-electron chi connectivity index (χ3n) is 4.36. The molecule has 3 aromatic rings. The summed E-state index contributed by atoms with van der Waals surface area (Å²) in [5, 5.41) is 24.2. The van der Waals surface area contributed by atoms with Gasteiger partial charge in [-0.3, -0.25) is 14.3 Å². The van der Waals surface area contributed by atoms with Crippen LogP contribution in [0.4, 0.5) is 17.2 Å². The number of carbonyl (C=O) groups excluding carboxylic acids is 2. The molecule has 2 aromatic heterocycles. The highest BCUT2D eigenvalue weighted by molar-refractivity contribution is 6.03. The molecule has 11 heteroatoms. The van der Waals surface area contributed by atoms with Crippen molar-refractivity contribution in [1.29, 1.82) is 0 Å². The Kier molecular flexibility index (Phi) is 6.20. The summed E-state index contributed by atoms with van der Waals surface area (Å²) in [6.45, 7) is 4.37. The summed E-state index contributed by atoms with van der Waals surface area (Å²) in [6.07, 6.45) is 1.65. The number of aromatic nitrogens is 4. The Morgan fingerprint density at radius 1 is 1.13 bits per heavy atom. The maximum absolute atomic E-state index is 12.4. The fourth-order valence-electron chi connectivity index (χ4n) is 2.89. The normalized spacial score (nSPS) is 10.6.